The van der Waals surface area contributed by atoms with Gasteiger partial charge in [0.25, 0.3) is 5.91 Å². The first-order valence-electron chi connectivity index (χ1n) is 8.38. The van der Waals surface area contributed by atoms with Gasteiger partial charge in [0.2, 0.25) is 0 Å². The van der Waals surface area contributed by atoms with Gasteiger partial charge in [-0.1, -0.05) is 54.6 Å². The van der Waals surface area contributed by atoms with Gasteiger partial charge in [-0.3, -0.25) is 9.69 Å². The molecule has 1 atom stereocenters. The van der Waals surface area contributed by atoms with E-state index in [0.29, 0.717) is 19.9 Å². The molecule has 0 N–H and O–H groups in total. The molecule has 0 bridgehead atoms. The van der Waals surface area contributed by atoms with E-state index >= 15 is 0 Å². The Morgan fingerprint density at radius 1 is 1.30 bits per heavy atom. The van der Waals surface area contributed by atoms with Crippen molar-refractivity contribution in [1.29, 1.82) is 0 Å². The molecule has 1 aliphatic rings. The summed E-state index contributed by atoms with van der Waals surface area (Å²) in [7, 11) is 0. The average Bonchev–Trinajstić information content (AvgIpc) is 2.92. The molecule has 0 unspecified atom stereocenters. The lowest BCUT2D eigenvalue weighted by Crippen LogP contribution is -2.27. The SMILES string of the molecule is CC[C@H](C)Oc1ccc(/C=C2\SC(=S)N(c3ccc(Br)c(Cl)c3)C2=O)cc1. The third kappa shape index (κ3) is 4.74. The smallest absolute Gasteiger partial charge is 0.270 e. The molecule has 1 saturated heterocycles. The highest BCUT2D eigenvalue weighted by atomic mass is 79.9. The molecule has 1 fully saturated rings. The number of thioether (sulfide) groups is 1. The summed E-state index contributed by atoms with van der Waals surface area (Å²) in [6.07, 6.45) is 2.96. The van der Waals surface area contributed by atoms with E-state index in [4.69, 9.17) is 28.6 Å². The first-order chi connectivity index (χ1) is 12.9. The first-order valence-corrected chi connectivity index (χ1v) is 10.8. The number of amides is 1. The maximum Gasteiger partial charge on any atom is 0.270 e. The third-order valence-corrected chi connectivity index (χ3v) is 6.58. The van der Waals surface area contributed by atoms with Crippen molar-refractivity contribution in [2.75, 3.05) is 4.90 Å². The van der Waals surface area contributed by atoms with Crippen LogP contribution in [0.25, 0.3) is 6.08 Å². The Morgan fingerprint density at radius 2 is 2.00 bits per heavy atom. The second-order valence-electron chi connectivity index (χ2n) is 6.02. The number of nitrogens with zero attached hydrogens (tertiary/aromatic N) is 1. The molecule has 0 spiro atoms. The second kappa shape index (κ2) is 8.78. The van der Waals surface area contributed by atoms with Gasteiger partial charge >= 0.3 is 0 Å². The van der Waals surface area contributed by atoms with E-state index in [2.05, 4.69) is 22.9 Å². The predicted molar refractivity (Wildman–Crippen MR) is 122 cm³/mol. The maximum atomic E-state index is 12.8. The first kappa shape index (κ1) is 20.4. The summed E-state index contributed by atoms with van der Waals surface area (Å²) >= 11 is 16.2. The Kier molecular flexibility index (Phi) is 6.63. The molecule has 1 amide bonds. The van der Waals surface area contributed by atoms with E-state index < -0.39 is 0 Å². The number of halogens is 2. The van der Waals surface area contributed by atoms with Crippen molar-refractivity contribution >= 4 is 73.5 Å². The fourth-order valence-corrected chi connectivity index (χ4v) is 4.14. The highest BCUT2D eigenvalue weighted by molar-refractivity contribution is 9.10. The van der Waals surface area contributed by atoms with Crippen LogP contribution in [0, 0.1) is 0 Å². The van der Waals surface area contributed by atoms with E-state index in [1.807, 2.05) is 43.3 Å². The van der Waals surface area contributed by atoms with Gasteiger partial charge in [0, 0.05) is 4.47 Å². The summed E-state index contributed by atoms with van der Waals surface area (Å²) in [4.78, 5) is 14.9. The van der Waals surface area contributed by atoms with E-state index in [1.165, 1.54) is 16.7 Å². The molecule has 140 valence electrons. The van der Waals surface area contributed by atoms with Gasteiger partial charge in [-0.25, -0.2) is 0 Å². The molecule has 2 aromatic carbocycles. The Morgan fingerprint density at radius 3 is 2.63 bits per heavy atom. The summed E-state index contributed by atoms with van der Waals surface area (Å²) in [6.45, 7) is 4.12. The lowest BCUT2D eigenvalue weighted by Gasteiger charge is -2.15. The number of ether oxygens (including phenoxy) is 1. The summed E-state index contributed by atoms with van der Waals surface area (Å²) in [6, 6.07) is 13.0. The number of carbonyl (C=O) groups excluding carboxylic acids is 1. The van der Waals surface area contributed by atoms with Gasteiger partial charge in [0.05, 0.1) is 21.7 Å². The second-order valence-corrected chi connectivity index (χ2v) is 8.96. The van der Waals surface area contributed by atoms with Gasteiger partial charge in [-0.2, -0.15) is 0 Å². The van der Waals surface area contributed by atoms with Crippen LogP contribution in [0.15, 0.2) is 51.8 Å². The standard InChI is InChI=1S/C20H17BrClNO2S2/c1-3-12(2)25-15-7-4-13(5-8-15)10-18-19(24)23(20(26)27-18)14-6-9-16(21)17(22)11-14/h4-12H,3H2,1-2H3/b18-10-/t12-/m0/s1. The number of benzene rings is 2. The molecular weight excluding hydrogens is 466 g/mol. The van der Waals surface area contributed by atoms with Crippen LogP contribution in [-0.4, -0.2) is 16.3 Å². The molecule has 7 heteroatoms. The van der Waals surface area contributed by atoms with E-state index in [0.717, 1.165) is 22.2 Å². The summed E-state index contributed by atoms with van der Waals surface area (Å²) < 4.78 is 7.04. The average molecular weight is 483 g/mol. The lowest BCUT2D eigenvalue weighted by atomic mass is 10.2. The molecule has 1 aliphatic heterocycles. The van der Waals surface area contributed by atoms with Crippen molar-refractivity contribution in [1.82, 2.24) is 0 Å². The Balaban J connectivity index is 1.80. The minimum atomic E-state index is -0.150. The normalized spacial score (nSPS) is 16.9. The highest BCUT2D eigenvalue weighted by Gasteiger charge is 2.33. The van der Waals surface area contributed by atoms with Crippen LogP contribution in [-0.2, 0) is 4.79 Å². The molecular formula is C20H17BrClNO2S2. The monoisotopic (exact) mass is 481 g/mol. The predicted octanol–water partition coefficient (Wildman–Crippen LogP) is 6.69. The largest absolute Gasteiger partial charge is 0.491 e. The van der Waals surface area contributed by atoms with E-state index in [9.17, 15) is 4.79 Å². The minimum absolute atomic E-state index is 0.150. The van der Waals surface area contributed by atoms with Crippen LogP contribution < -0.4 is 9.64 Å². The quantitative estimate of drug-likeness (QED) is 0.351. The topological polar surface area (TPSA) is 29.5 Å². The Labute approximate surface area is 181 Å². The van der Waals surface area contributed by atoms with Crippen molar-refractivity contribution in [2.45, 2.75) is 26.4 Å². The van der Waals surface area contributed by atoms with Crippen LogP contribution in [0.3, 0.4) is 0 Å². The van der Waals surface area contributed by atoms with Crippen LogP contribution in [0.2, 0.25) is 5.02 Å². The molecule has 0 radical (unpaired) electrons. The minimum Gasteiger partial charge on any atom is -0.491 e. The van der Waals surface area contributed by atoms with Crippen molar-refractivity contribution in [2.24, 2.45) is 0 Å². The maximum absolute atomic E-state index is 12.8. The van der Waals surface area contributed by atoms with Gasteiger partial charge in [-0.05, 0) is 71.2 Å². The van der Waals surface area contributed by atoms with Crippen LogP contribution in [0.5, 0.6) is 5.75 Å². The third-order valence-electron chi connectivity index (χ3n) is 4.05. The molecule has 1 heterocycles. The number of thiocarbonyl (C=S) groups is 1. The van der Waals surface area contributed by atoms with Crippen LogP contribution >= 0.6 is 51.5 Å². The van der Waals surface area contributed by atoms with Crippen LogP contribution in [0.4, 0.5) is 5.69 Å². The summed E-state index contributed by atoms with van der Waals surface area (Å²) in [5.74, 6) is 0.668. The fourth-order valence-electron chi connectivity index (χ4n) is 2.42. The highest BCUT2D eigenvalue weighted by Crippen LogP contribution is 2.38. The molecule has 27 heavy (non-hydrogen) atoms. The zero-order chi connectivity index (χ0) is 19.6. The van der Waals surface area contributed by atoms with Gasteiger partial charge in [0.1, 0.15) is 5.75 Å². The number of carbonyl (C=O) groups is 1. The van der Waals surface area contributed by atoms with Crippen molar-refractivity contribution in [3.8, 4) is 5.75 Å². The number of rotatable bonds is 5. The summed E-state index contributed by atoms with van der Waals surface area (Å²) in [5.41, 5.74) is 1.58. The zero-order valence-corrected chi connectivity index (χ0v) is 18.7. The molecule has 0 saturated carbocycles. The number of hydrogen-bond acceptors (Lipinski definition) is 4. The zero-order valence-electron chi connectivity index (χ0n) is 14.7. The fraction of sp³-hybridized carbons (Fsp3) is 0.200. The summed E-state index contributed by atoms with van der Waals surface area (Å²) in [5, 5.41) is 0.530. The Hall–Kier alpha value is -1.34. The van der Waals surface area contributed by atoms with E-state index in [1.54, 1.807) is 12.1 Å². The van der Waals surface area contributed by atoms with Gasteiger partial charge in [0.15, 0.2) is 4.32 Å². The number of hydrogen-bond donors (Lipinski definition) is 0. The van der Waals surface area contributed by atoms with E-state index in [-0.39, 0.29) is 12.0 Å². The molecule has 3 nitrogen and oxygen atoms in total. The molecule has 0 aliphatic carbocycles. The van der Waals surface area contributed by atoms with Crippen LogP contribution in [0.1, 0.15) is 25.8 Å². The lowest BCUT2D eigenvalue weighted by molar-refractivity contribution is -0.113. The Bertz CT molecular complexity index is 915. The van der Waals surface area contributed by atoms with Crippen molar-refractivity contribution < 1.29 is 9.53 Å². The molecule has 2 aromatic rings. The van der Waals surface area contributed by atoms with Crippen molar-refractivity contribution in [3.05, 3.63) is 62.4 Å². The molecule has 3 rings (SSSR count). The number of anilines is 1. The van der Waals surface area contributed by atoms with Gasteiger partial charge in [-0.15, -0.1) is 0 Å². The van der Waals surface area contributed by atoms with Crippen molar-refractivity contribution in [3.63, 3.8) is 0 Å². The molecule has 0 aromatic heterocycles. The van der Waals surface area contributed by atoms with Gasteiger partial charge < -0.3 is 4.74 Å².